The molecule has 1 atom stereocenters. The van der Waals surface area contributed by atoms with Gasteiger partial charge in [-0.25, -0.2) is 0 Å². The highest BCUT2D eigenvalue weighted by molar-refractivity contribution is 7.73. The third kappa shape index (κ3) is 4.98. The first kappa shape index (κ1) is 13.4. The van der Waals surface area contributed by atoms with Crippen LogP contribution in [0.2, 0.25) is 0 Å². The average Bonchev–Trinajstić information content (AvgIpc) is 2.10. The molecule has 0 rings (SSSR count). The van der Waals surface area contributed by atoms with Crippen LogP contribution in [-0.4, -0.2) is 42.9 Å². The van der Waals surface area contributed by atoms with Gasteiger partial charge in [0.2, 0.25) is 10.3 Å². The fourth-order valence-electron chi connectivity index (χ4n) is 0.775. The van der Waals surface area contributed by atoms with Gasteiger partial charge in [0.1, 0.15) is 6.04 Å². The number of guanidine groups is 1. The molecular formula is C6H12N4O4S. The first-order valence-corrected chi connectivity index (χ1v) is 4.92. The van der Waals surface area contributed by atoms with Gasteiger partial charge in [0.05, 0.1) is 4.86 Å². The SMILES string of the molecule is NC(N)=NCCC(C(N)C(=O)O)=S(=O)=O. The molecule has 0 fully saturated rings. The van der Waals surface area contributed by atoms with Crippen molar-refractivity contribution >= 4 is 27.1 Å². The summed E-state index contributed by atoms with van der Waals surface area (Å²) in [7, 11) is -2.66. The van der Waals surface area contributed by atoms with Crippen LogP contribution in [0.4, 0.5) is 0 Å². The van der Waals surface area contributed by atoms with E-state index in [1.54, 1.807) is 0 Å². The number of hydrogen-bond acceptors (Lipinski definition) is 5. The molecule has 0 aromatic heterocycles. The number of carboxylic acids is 1. The second-order valence-electron chi connectivity index (χ2n) is 2.57. The lowest BCUT2D eigenvalue weighted by atomic mass is 10.2. The average molecular weight is 236 g/mol. The number of nitrogens with zero attached hydrogens (tertiary/aromatic N) is 1. The molecule has 0 amide bonds. The summed E-state index contributed by atoms with van der Waals surface area (Å²) in [4.78, 5) is 13.6. The molecule has 0 heterocycles. The Morgan fingerprint density at radius 2 is 1.93 bits per heavy atom. The minimum Gasteiger partial charge on any atom is -0.480 e. The zero-order chi connectivity index (χ0) is 12.0. The highest BCUT2D eigenvalue weighted by atomic mass is 32.2. The lowest BCUT2D eigenvalue weighted by Crippen LogP contribution is -2.39. The van der Waals surface area contributed by atoms with Gasteiger partial charge >= 0.3 is 5.97 Å². The number of nitrogens with two attached hydrogens (primary N) is 3. The van der Waals surface area contributed by atoms with Crippen LogP contribution in [0.1, 0.15) is 6.42 Å². The molecular weight excluding hydrogens is 224 g/mol. The minimum atomic E-state index is -2.66. The Balaban J connectivity index is 4.68. The van der Waals surface area contributed by atoms with Crippen LogP contribution in [0.15, 0.2) is 4.99 Å². The van der Waals surface area contributed by atoms with E-state index in [1.165, 1.54) is 0 Å². The van der Waals surface area contributed by atoms with Crippen LogP contribution >= 0.6 is 0 Å². The van der Waals surface area contributed by atoms with Crippen LogP contribution in [0.25, 0.3) is 0 Å². The number of hydrogen-bond donors (Lipinski definition) is 4. The second-order valence-corrected chi connectivity index (χ2v) is 3.57. The summed E-state index contributed by atoms with van der Waals surface area (Å²) in [5.74, 6) is -1.62. The fraction of sp³-hybridized carbons (Fsp3) is 0.500. The molecule has 9 heteroatoms. The quantitative estimate of drug-likeness (QED) is 0.226. The Hall–Kier alpha value is -1.61. The van der Waals surface area contributed by atoms with Crippen molar-refractivity contribution in [1.29, 1.82) is 0 Å². The van der Waals surface area contributed by atoms with Crippen molar-refractivity contribution in [2.75, 3.05) is 6.54 Å². The number of aliphatic carboxylic acids is 1. The maximum Gasteiger partial charge on any atom is 0.325 e. The fourth-order valence-corrected chi connectivity index (χ4v) is 1.34. The molecule has 7 N–H and O–H groups in total. The maximum atomic E-state index is 10.6. The molecule has 0 aromatic rings. The van der Waals surface area contributed by atoms with Gasteiger partial charge in [-0.2, -0.15) is 8.42 Å². The number of carbonyl (C=O) groups is 1. The van der Waals surface area contributed by atoms with Crippen molar-refractivity contribution < 1.29 is 18.3 Å². The summed E-state index contributed by atoms with van der Waals surface area (Å²) in [5, 5.41) is 8.51. The monoisotopic (exact) mass is 236 g/mol. The van der Waals surface area contributed by atoms with Crippen molar-refractivity contribution in [2.24, 2.45) is 22.2 Å². The molecule has 0 saturated heterocycles. The molecule has 0 bridgehead atoms. The lowest BCUT2D eigenvalue weighted by molar-refractivity contribution is -0.136. The van der Waals surface area contributed by atoms with Gasteiger partial charge in [-0.15, -0.1) is 0 Å². The summed E-state index contributed by atoms with van der Waals surface area (Å²) < 4.78 is 21.3. The maximum absolute atomic E-state index is 10.6. The Labute approximate surface area is 87.3 Å². The molecule has 0 aromatic carbocycles. The smallest absolute Gasteiger partial charge is 0.325 e. The predicted molar refractivity (Wildman–Crippen MR) is 54.8 cm³/mol. The van der Waals surface area contributed by atoms with E-state index in [0.29, 0.717) is 0 Å². The van der Waals surface area contributed by atoms with Crippen LogP contribution in [0.5, 0.6) is 0 Å². The van der Waals surface area contributed by atoms with Crippen LogP contribution in [0.3, 0.4) is 0 Å². The molecule has 1 unspecified atom stereocenters. The molecule has 8 nitrogen and oxygen atoms in total. The van der Waals surface area contributed by atoms with Crippen LogP contribution in [-0.2, 0) is 15.1 Å². The zero-order valence-corrected chi connectivity index (χ0v) is 8.57. The van der Waals surface area contributed by atoms with E-state index in [2.05, 4.69) is 4.99 Å². The van der Waals surface area contributed by atoms with Gasteiger partial charge in [0.25, 0.3) is 0 Å². The first-order valence-electron chi connectivity index (χ1n) is 3.85. The van der Waals surface area contributed by atoms with E-state index in [1.807, 2.05) is 0 Å². The van der Waals surface area contributed by atoms with E-state index in [-0.39, 0.29) is 23.8 Å². The zero-order valence-electron chi connectivity index (χ0n) is 7.75. The van der Waals surface area contributed by atoms with Gasteiger partial charge in [0, 0.05) is 13.0 Å². The molecule has 15 heavy (non-hydrogen) atoms. The van der Waals surface area contributed by atoms with Gasteiger partial charge in [-0.05, 0) is 0 Å². The van der Waals surface area contributed by atoms with Crippen molar-refractivity contribution in [3.05, 3.63) is 0 Å². The molecule has 0 radical (unpaired) electrons. The molecule has 0 saturated carbocycles. The summed E-state index contributed by atoms with van der Waals surface area (Å²) >= 11 is 0. The Bertz CT molecular complexity index is 387. The summed E-state index contributed by atoms with van der Waals surface area (Å²) in [6.45, 7) is -0.0212. The van der Waals surface area contributed by atoms with Crippen LogP contribution in [0, 0.1) is 0 Å². The molecule has 0 aliphatic heterocycles. The van der Waals surface area contributed by atoms with E-state index < -0.39 is 22.3 Å². The van der Waals surface area contributed by atoms with E-state index in [4.69, 9.17) is 22.3 Å². The molecule has 0 aliphatic carbocycles. The highest BCUT2D eigenvalue weighted by Crippen LogP contribution is 1.92. The lowest BCUT2D eigenvalue weighted by Gasteiger charge is -2.05. The first-order chi connectivity index (χ1) is 6.86. The van der Waals surface area contributed by atoms with Gasteiger partial charge < -0.3 is 22.3 Å². The van der Waals surface area contributed by atoms with Gasteiger partial charge in [0.15, 0.2) is 5.96 Å². The standard InChI is InChI=1S/C6H12N4O4S/c7-4(5(11)12)3(15(13)14)1-2-10-6(8)9/h4H,1-2,7H2,(H,11,12)(H4,8,9,10). The normalized spacial score (nSPS) is 11.5. The summed E-state index contributed by atoms with van der Waals surface area (Å²) in [6, 6.07) is -1.56. The van der Waals surface area contributed by atoms with Crippen molar-refractivity contribution in [1.82, 2.24) is 0 Å². The third-order valence-electron chi connectivity index (χ3n) is 1.48. The molecule has 86 valence electrons. The molecule has 0 aliphatic rings. The highest BCUT2D eigenvalue weighted by Gasteiger charge is 2.19. The number of rotatable bonds is 5. The van der Waals surface area contributed by atoms with E-state index in [0.717, 1.165) is 0 Å². The van der Waals surface area contributed by atoms with Crippen LogP contribution < -0.4 is 17.2 Å². The minimum absolute atomic E-state index is 0.0212. The predicted octanol–water partition coefficient (Wildman–Crippen LogP) is -2.89. The largest absolute Gasteiger partial charge is 0.480 e. The topological polar surface area (TPSA) is 162 Å². The van der Waals surface area contributed by atoms with Gasteiger partial charge in [-0.1, -0.05) is 0 Å². The third-order valence-corrected chi connectivity index (χ3v) is 2.37. The van der Waals surface area contributed by atoms with Crippen molar-refractivity contribution in [2.45, 2.75) is 12.5 Å². The molecule has 0 spiro atoms. The van der Waals surface area contributed by atoms with E-state index >= 15 is 0 Å². The Kier molecular flexibility index (Phi) is 5.34. The summed E-state index contributed by atoms with van der Waals surface area (Å²) in [6.07, 6.45) is -0.124. The van der Waals surface area contributed by atoms with Gasteiger partial charge in [-0.3, -0.25) is 9.79 Å². The second kappa shape index (κ2) is 5.98. The number of aliphatic imine (C=N–C) groups is 1. The Morgan fingerprint density at radius 1 is 1.40 bits per heavy atom. The summed E-state index contributed by atoms with van der Waals surface area (Å²) in [5.41, 5.74) is 15.2. The Morgan fingerprint density at radius 3 is 2.27 bits per heavy atom. The van der Waals surface area contributed by atoms with E-state index in [9.17, 15) is 13.2 Å². The van der Waals surface area contributed by atoms with Crippen molar-refractivity contribution in [3.63, 3.8) is 0 Å². The van der Waals surface area contributed by atoms with Crippen molar-refractivity contribution in [3.8, 4) is 0 Å². The number of carboxylic acid groups (broad SMARTS) is 1.